The zero-order chi connectivity index (χ0) is 38.5. The van der Waals surface area contributed by atoms with E-state index < -0.39 is 17.0 Å². The quantitative estimate of drug-likeness (QED) is 0.250. The number of hydrogen-bond acceptors (Lipinski definition) is 11. The lowest BCUT2D eigenvalue weighted by atomic mass is 9.57. The van der Waals surface area contributed by atoms with Crippen LogP contribution in [0, 0.1) is 23.7 Å². The highest BCUT2D eigenvalue weighted by Gasteiger charge is 2.69. The molecule has 0 radical (unpaired) electrons. The minimum absolute atomic E-state index is 0.0338. The van der Waals surface area contributed by atoms with Crippen molar-refractivity contribution in [2.24, 2.45) is 23.7 Å². The van der Waals surface area contributed by atoms with Crippen LogP contribution in [0.15, 0.2) is 33.5 Å². The van der Waals surface area contributed by atoms with Crippen LogP contribution < -0.4 is 10.5 Å². The molecule has 7 heterocycles. The van der Waals surface area contributed by atoms with Gasteiger partial charge in [-0.3, -0.25) is 14.5 Å². The number of carbonyl (C=O) groups excluding carboxylic acids is 2. The molecule has 1 aromatic carbocycles. The molecule has 8 atom stereocenters. The Balaban J connectivity index is 0.773. The Morgan fingerprint density at radius 1 is 0.873 bits per heavy atom. The SMILES string of the molecule is CCN(CC)c1ccc2cc(C(=O)N3CCN(C(=O)CN4CCN(CCC[C@H]5O[C@@H]6O[C@@]7(C)CC[C@H]8[C@H](C)CC[C@@H]([C@H]5C)[C@@]68OO7)CC4)CC3)c(=O)oc2c1. The second kappa shape index (κ2) is 15.7. The van der Waals surface area contributed by atoms with Gasteiger partial charge in [-0.1, -0.05) is 13.8 Å². The molecule has 2 aromatic rings. The first-order chi connectivity index (χ1) is 26.5. The molecular weight excluding hydrogens is 702 g/mol. The monoisotopic (exact) mass is 763 g/mol. The summed E-state index contributed by atoms with van der Waals surface area (Å²) in [4.78, 5) is 62.4. The second-order valence-corrected chi connectivity index (χ2v) is 17.2. The molecule has 55 heavy (non-hydrogen) atoms. The highest BCUT2D eigenvalue weighted by molar-refractivity contribution is 5.97. The number of fused-ring (bicyclic) bond motifs is 3. The van der Waals surface area contributed by atoms with E-state index in [2.05, 4.69) is 42.4 Å². The molecule has 0 N–H and O–H groups in total. The van der Waals surface area contributed by atoms with Crippen molar-refractivity contribution in [1.82, 2.24) is 19.6 Å². The van der Waals surface area contributed by atoms with Gasteiger partial charge in [-0.15, -0.1) is 0 Å². The van der Waals surface area contributed by atoms with Crippen LogP contribution in [0.2, 0.25) is 0 Å². The summed E-state index contributed by atoms with van der Waals surface area (Å²) in [5.74, 6) is 0.684. The first kappa shape index (κ1) is 38.8. The summed E-state index contributed by atoms with van der Waals surface area (Å²) in [5, 5.41) is 0.715. The fourth-order valence-corrected chi connectivity index (χ4v) is 10.7. The van der Waals surface area contributed by atoms with Crippen molar-refractivity contribution in [2.45, 2.75) is 96.9 Å². The van der Waals surface area contributed by atoms with Gasteiger partial charge in [0.25, 0.3) is 5.91 Å². The average molecular weight is 764 g/mol. The first-order valence-electron chi connectivity index (χ1n) is 21.1. The van der Waals surface area contributed by atoms with Gasteiger partial charge in [0.15, 0.2) is 11.9 Å². The summed E-state index contributed by atoms with van der Waals surface area (Å²) in [6.07, 6.45) is 6.01. The number of amides is 2. The summed E-state index contributed by atoms with van der Waals surface area (Å²) in [7, 11) is 0. The lowest BCUT2D eigenvalue weighted by Crippen LogP contribution is -2.70. The molecule has 6 aliphatic heterocycles. The molecule has 2 amide bonds. The third-order valence-corrected chi connectivity index (χ3v) is 14.1. The van der Waals surface area contributed by atoms with Crippen molar-refractivity contribution in [1.29, 1.82) is 0 Å². The van der Waals surface area contributed by atoms with Gasteiger partial charge < -0.3 is 33.5 Å². The van der Waals surface area contributed by atoms with Crippen LogP contribution in [0.5, 0.6) is 0 Å². The van der Waals surface area contributed by atoms with Gasteiger partial charge in [-0.2, -0.15) is 0 Å². The maximum Gasteiger partial charge on any atom is 0.349 e. The molecule has 1 saturated carbocycles. The molecule has 1 spiro atoms. The Bertz CT molecular complexity index is 1770. The van der Waals surface area contributed by atoms with Crippen molar-refractivity contribution in [3.63, 3.8) is 0 Å². The van der Waals surface area contributed by atoms with Gasteiger partial charge >= 0.3 is 5.63 Å². The molecule has 7 fully saturated rings. The largest absolute Gasteiger partial charge is 0.422 e. The third kappa shape index (κ3) is 7.34. The number of hydrogen-bond donors (Lipinski definition) is 0. The molecule has 13 heteroatoms. The fraction of sp³-hybridized carbons (Fsp3) is 0.738. The van der Waals surface area contributed by atoms with Crippen LogP contribution in [0.25, 0.3) is 11.0 Å². The van der Waals surface area contributed by atoms with Gasteiger partial charge in [-0.25, -0.2) is 14.6 Å². The van der Waals surface area contributed by atoms with E-state index in [1.165, 1.54) is 6.42 Å². The number of piperazine rings is 2. The normalized spacial score (nSPS) is 34.1. The minimum atomic E-state index is -0.744. The van der Waals surface area contributed by atoms with E-state index >= 15 is 0 Å². The summed E-state index contributed by atoms with van der Waals surface area (Å²) >= 11 is 0. The van der Waals surface area contributed by atoms with E-state index in [9.17, 15) is 14.4 Å². The minimum Gasteiger partial charge on any atom is -0.422 e. The maximum atomic E-state index is 13.4. The Labute approximate surface area is 325 Å². The summed E-state index contributed by atoms with van der Waals surface area (Å²) < 4.78 is 19.0. The standard InChI is InChI=1S/C42H61N5O8/c1-6-45(7-2)31-12-11-30-25-32(39(50)51-36(30)26-31)38(49)47-23-21-46(22-24-47)37(48)27-44-19-17-43(18-20-44)16-8-9-35-29(4)34-13-10-28(3)33-14-15-41(5)53-40(52-35)42(33,34)55-54-41/h11-12,25-26,28-29,33-35,40H,6-10,13-24,27H2,1-5H3/t28-,29-,33+,34+,35-,40-,41-,42-/m1/s1. The molecule has 2 bridgehead atoms. The highest BCUT2D eigenvalue weighted by Crippen LogP contribution is 2.60. The second-order valence-electron chi connectivity index (χ2n) is 17.2. The number of ether oxygens (including phenoxy) is 2. The zero-order valence-corrected chi connectivity index (χ0v) is 33.5. The lowest BCUT2D eigenvalue weighted by molar-refractivity contribution is -0.571. The fourth-order valence-electron chi connectivity index (χ4n) is 10.7. The van der Waals surface area contributed by atoms with Crippen LogP contribution in [0.4, 0.5) is 5.69 Å². The van der Waals surface area contributed by atoms with E-state index in [1.807, 2.05) is 30.0 Å². The molecule has 6 saturated heterocycles. The van der Waals surface area contributed by atoms with Crippen molar-refractivity contribution in [2.75, 3.05) is 83.4 Å². The number of rotatable bonds is 10. The summed E-state index contributed by atoms with van der Waals surface area (Å²) in [6.45, 7) is 19.2. The molecule has 7 aliphatic rings. The number of carbonyl (C=O) groups is 2. The molecule has 302 valence electrons. The highest BCUT2D eigenvalue weighted by atomic mass is 17.3. The molecule has 1 aromatic heterocycles. The smallest absolute Gasteiger partial charge is 0.349 e. The summed E-state index contributed by atoms with van der Waals surface area (Å²) in [6, 6.07) is 7.38. The lowest BCUT2D eigenvalue weighted by Gasteiger charge is -2.60. The van der Waals surface area contributed by atoms with Gasteiger partial charge in [0.1, 0.15) is 11.1 Å². The zero-order valence-electron chi connectivity index (χ0n) is 33.5. The number of anilines is 1. The van der Waals surface area contributed by atoms with E-state index in [1.54, 1.807) is 11.0 Å². The van der Waals surface area contributed by atoms with E-state index in [4.69, 9.17) is 23.7 Å². The molecular formula is C42H61N5O8. The Morgan fingerprint density at radius 3 is 2.35 bits per heavy atom. The summed E-state index contributed by atoms with van der Waals surface area (Å²) in [5.41, 5.74) is 0.347. The van der Waals surface area contributed by atoms with Crippen LogP contribution in [-0.2, 0) is 24.0 Å². The third-order valence-electron chi connectivity index (χ3n) is 14.1. The van der Waals surface area contributed by atoms with Gasteiger partial charge in [0.05, 0.1) is 12.6 Å². The maximum absolute atomic E-state index is 13.4. The van der Waals surface area contributed by atoms with Crippen molar-refractivity contribution in [3.05, 3.63) is 40.2 Å². The van der Waals surface area contributed by atoms with Gasteiger partial charge in [-0.05, 0) is 95.4 Å². The van der Waals surface area contributed by atoms with Crippen LogP contribution in [-0.4, -0.2) is 134 Å². The first-order valence-corrected chi connectivity index (χ1v) is 21.1. The van der Waals surface area contributed by atoms with E-state index in [0.717, 1.165) is 83.6 Å². The van der Waals surface area contributed by atoms with Gasteiger partial charge in [0.2, 0.25) is 11.7 Å². The van der Waals surface area contributed by atoms with Crippen molar-refractivity contribution < 1.29 is 33.3 Å². The Morgan fingerprint density at radius 2 is 1.60 bits per heavy atom. The van der Waals surface area contributed by atoms with E-state index in [0.29, 0.717) is 67.4 Å². The number of nitrogens with zero attached hydrogens (tertiary/aromatic N) is 5. The van der Waals surface area contributed by atoms with Crippen molar-refractivity contribution in [3.8, 4) is 0 Å². The van der Waals surface area contributed by atoms with Crippen LogP contribution >= 0.6 is 0 Å². The topological polar surface area (TPSA) is 117 Å². The predicted molar refractivity (Wildman–Crippen MR) is 207 cm³/mol. The molecule has 0 unspecified atom stereocenters. The molecule has 13 nitrogen and oxygen atoms in total. The number of benzene rings is 1. The molecule has 1 aliphatic carbocycles. The van der Waals surface area contributed by atoms with Crippen molar-refractivity contribution >= 4 is 28.5 Å². The Kier molecular flexibility index (Phi) is 11.1. The van der Waals surface area contributed by atoms with Crippen LogP contribution in [0.3, 0.4) is 0 Å². The average Bonchev–Trinajstić information content (AvgIpc) is 3.42. The van der Waals surface area contributed by atoms with Gasteiger partial charge in [0, 0.05) is 94.9 Å². The Hall–Kier alpha value is -3.07. The van der Waals surface area contributed by atoms with E-state index in [-0.39, 0.29) is 29.8 Å². The molecule has 9 rings (SSSR count). The predicted octanol–water partition coefficient (Wildman–Crippen LogP) is 4.57. The van der Waals surface area contributed by atoms with Crippen LogP contribution in [0.1, 0.15) is 83.5 Å².